The molecule has 1 aliphatic carbocycles. The summed E-state index contributed by atoms with van der Waals surface area (Å²) in [5.41, 5.74) is 3.35. The number of carbonyl (C=O) groups is 1. The number of ether oxygens (including phenoxy) is 1. The Morgan fingerprint density at radius 2 is 2.24 bits per heavy atom. The van der Waals surface area contributed by atoms with Crippen LogP contribution in [-0.4, -0.2) is 25.6 Å². The van der Waals surface area contributed by atoms with Gasteiger partial charge in [-0.15, -0.1) is 0 Å². The molecule has 1 atom stereocenters. The maximum absolute atomic E-state index is 14.0. The summed E-state index contributed by atoms with van der Waals surface area (Å²) in [5, 5.41) is 8.90. The fourth-order valence-corrected chi connectivity index (χ4v) is 3.25. The lowest BCUT2D eigenvalue weighted by molar-refractivity contribution is -0.104. The van der Waals surface area contributed by atoms with Crippen molar-refractivity contribution >= 4 is 13.6 Å². The summed E-state index contributed by atoms with van der Waals surface area (Å²) in [7, 11) is 3.47. The molecule has 0 spiro atoms. The molecular weight excluding hydrogens is 318 g/mol. The fraction of sp³-hybridized carbons (Fsp3) is 0.263. The molecule has 0 saturated carbocycles. The summed E-state index contributed by atoms with van der Waals surface area (Å²) < 4.78 is 19.4. The number of nitriles is 1. The minimum atomic E-state index is -0.553. The van der Waals surface area contributed by atoms with Crippen molar-refractivity contribution in [1.29, 1.82) is 5.26 Å². The molecule has 0 amide bonds. The first-order chi connectivity index (χ1) is 12.1. The highest BCUT2D eigenvalue weighted by atomic mass is 19.1. The molecule has 0 bridgehead atoms. The second-order valence-electron chi connectivity index (χ2n) is 6.06. The van der Waals surface area contributed by atoms with Gasteiger partial charge in [-0.1, -0.05) is 6.07 Å². The van der Waals surface area contributed by atoms with Gasteiger partial charge in [0.1, 0.15) is 18.2 Å². The van der Waals surface area contributed by atoms with E-state index in [0.29, 0.717) is 11.0 Å². The van der Waals surface area contributed by atoms with Gasteiger partial charge in [-0.25, -0.2) is 4.39 Å². The number of nitrogens with zero attached hydrogens (tertiary/aromatic N) is 2. The van der Waals surface area contributed by atoms with Crippen molar-refractivity contribution in [3.05, 3.63) is 69.9 Å². The molecule has 1 heterocycles. The Kier molecular flexibility index (Phi) is 4.75. The number of benzene rings is 1. The standard InChI is InChI=1S/C19H17BFN2O2/c1-12-7-16(5-6-18(12)25-2)23-10-15(11-24)20-19(23)13-3-4-14(9-22)17(21)8-13/h3-4,7-8,10-11,19H,5-6H2,1-2H3. The van der Waals surface area contributed by atoms with Gasteiger partial charge in [0.15, 0.2) is 7.28 Å². The maximum atomic E-state index is 14.0. The monoisotopic (exact) mass is 335 g/mol. The van der Waals surface area contributed by atoms with Crippen LogP contribution in [0.3, 0.4) is 0 Å². The summed E-state index contributed by atoms with van der Waals surface area (Å²) in [6.45, 7) is 1.98. The first kappa shape index (κ1) is 17.0. The van der Waals surface area contributed by atoms with Crippen molar-refractivity contribution in [1.82, 2.24) is 4.90 Å². The lowest BCUT2D eigenvalue weighted by Gasteiger charge is -2.31. The summed E-state index contributed by atoms with van der Waals surface area (Å²) >= 11 is 0. The highest BCUT2D eigenvalue weighted by molar-refractivity contribution is 6.54. The van der Waals surface area contributed by atoms with Crippen LogP contribution in [0.25, 0.3) is 0 Å². The van der Waals surface area contributed by atoms with Gasteiger partial charge in [0.25, 0.3) is 0 Å². The van der Waals surface area contributed by atoms with Crippen LogP contribution in [0, 0.1) is 17.1 Å². The molecule has 0 saturated heterocycles. The van der Waals surface area contributed by atoms with Gasteiger partial charge in [-0.2, -0.15) is 5.26 Å². The van der Waals surface area contributed by atoms with E-state index in [-0.39, 0.29) is 11.5 Å². The molecule has 4 nitrogen and oxygen atoms in total. The molecule has 1 aromatic rings. The van der Waals surface area contributed by atoms with E-state index in [0.717, 1.165) is 36.2 Å². The number of carbonyl (C=O) groups excluding carboxylic acids is 1. The molecule has 25 heavy (non-hydrogen) atoms. The van der Waals surface area contributed by atoms with E-state index in [1.165, 1.54) is 12.1 Å². The molecule has 3 rings (SSSR count). The fourth-order valence-electron chi connectivity index (χ4n) is 3.25. The first-order valence-electron chi connectivity index (χ1n) is 8.01. The molecule has 0 fully saturated rings. The molecule has 0 N–H and O–H groups in total. The Morgan fingerprint density at radius 1 is 1.44 bits per heavy atom. The molecule has 0 aromatic heterocycles. The largest absolute Gasteiger partial charge is 0.501 e. The van der Waals surface area contributed by atoms with E-state index in [2.05, 4.69) is 0 Å². The van der Waals surface area contributed by atoms with Gasteiger partial charge in [-0.3, -0.25) is 4.79 Å². The van der Waals surface area contributed by atoms with Crippen LogP contribution in [0.15, 0.2) is 53.0 Å². The molecule has 1 aliphatic heterocycles. The number of hydrogen-bond donors (Lipinski definition) is 0. The minimum absolute atomic E-state index is 0.0114. The van der Waals surface area contributed by atoms with Crippen molar-refractivity contribution in [2.45, 2.75) is 25.7 Å². The third kappa shape index (κ3) is 3.23. The topological polar surface area (TPSA) is 53.3 Å². The number of halogens is 1. The van der Waals surface area contributed by atoms with Gasteiger partial charge in [0.05, 0.1) is 18.4 Å². The number of hydrogen-bond acceptors (Lipinski definition) is 4. The van der Waals surface area contributed by atoms with Gasteiger partial charge in [-0.05, 0) is 48.2 Å². The van der Waals surface area contributed by atoms with Crippen molar-refractivity contribution < 1.29 is 13.9 Å². The van der Waals surface area contributed by atoms with Crippen molar-refractivity contribution in [3.63, 3.8) is 0 Å². The summed E-state index contributed by atoms with van der Waals surface area (Å²) in [6.07, 6.45) is 6.16. The van der Waals surface area contributed by atoms with E-state index in [9.17, 15) is 9.18 Å². The smallest absolute Gasteiger partial charge is 0.194 e. The highest BCUT2D eigenvalue weighted by Crippen LogP contribution is 2.36. The van der Waals surface area contributed by atoms with E-state index in [4.69, 9.17) is 10.00 Å². The van der Waals surface area contributed by atoms with Crippen molar-refractivity contribution in [2.75, 3.05) is 7.11 Å². The van der Waals surface area contributed by atoms with Crippen LogP contribution in [0.2, 0.25) is 0 Å². The van der Waals surface area contributed by atoms with Crippen LogP contribution >= 0.6 is 0 Å². The van der Waals surface area contributed by atoms with Crippen LogP contribution < -0.4 is 0 Å². The maximum Gasteiger partial charge on any atom is 0.194 e. The average Bonchev–Trinajstić information content (AvgIpc) is 3.06. The SMILES string of the molecule is COC1=C(C)C=C(N2C=C(C=O)[B]C2c2ccc(C#N)c(F)c2)CC1. The normalized spacial score (nSPS) is 19.8. The summed E-state index contributed by atoms with van der Waals surface area (Å²) in [6, 6.07) is 6.38. The molecule has 6 heteroatoms. The van der Waals surface area contributed by atoms with E-state index < -0.39 is 5.82 Å². The van der Waals surface area contributed by atoms with Gasteiger partial charge in [0.2, 0.25) is 0 Å². The lowest BCUT2D eigenvalue weighted by Crippen LogP contribution is -2.24. The van der Waals surface area contributed by atoms with Gasteiger partial charge >= 0.3 is 0 Å². The average molecular weight is 335 g/mol. The third-order valence-corrected chi connectivity index (χ3v) is 4.54. The van der Waals surface area contributed by atoms with Crippen molar-refractivity contribution in [3.8, 4) is 6.07 Å². The van der Waals surface area contributed by atoms with Crippen LogP contribution in [-0.2, 0) is 9.53 Å². The number of allylic oxidation sites excluding steroid dienone is 5. The molecular formula is C19H17BFN2O2. The Hall–Kier alpha value is -2.81. The quantitative estimate of drug-likeness (QED) is 0.625. The first-order valence-corrected chi connectivity index (χ1v) is 8.01. The predicted octanol–water partition coefficient (Wildman–Crippen LogP) is 3.35. The van der Waals surface area contributed by atoms with E-state index in [1.807, 2.05) is 24.0 Å². The second-order valence-corrected chi connectivity index (χ2v) is 6.06. The third-order valence-electron chi connectivity index (χ3n) is 4.54. The Bertz CT molecular complexity index is 851. The zero-order valence-electron chi connectivity index (χ0n) is 14.1. The highest BCUT2D eigenvalue weighted by Gasteiger charge is 2.31. The van der Waals surface area contributed by atoms with Gasteiger partial charge in [0, 0.05) is 24.3 Å². The zero-order chi connectivity index (χ0) is 18.0. The van der Waals surface area contributed by atoms with Crippen molar-refractivity contribution in [2.24, 2.45) is 0 Å². The molecule has 1 aromatic carbocycles. The van der Waals surface area contributed by atoms with Crippen LogP contribution in [0.5, 0.6) is 0 Å². The Labute approximate surface area is 147 Å². The molecule has 1 unspecified atom stereocenters. The number of aldehydes is 1. The lowest BCUT2D eigenvalue weighted by atomic mass is 9.63. The van der Waals surface area contributed by atoms with Gasteiger partial charge < -0.3 is 9.64 Å². The van der Waals surface area contributed by atoms with Crippen LogP contribution in [0.1, 0.15) is 36.8 Å². The number of rotatable bonds is 4. The van der Waals surface area contributed by atoms with E-state index >= 15 is 0 Å². The second kappa shape index (κ2) is 6.98. The summed E-state index contributed by atoms with van der Waals surface area (Å²) in [4.78, 5) is 13.2. The Balaban J connectivity index is 1.97. The molecule has 1 radical (unpaired) electrons. The number of methoxy groups -OCH3 is 1. The molecule has 2 aliphatic rings. The predicted molar refractivity (Wildman–Crippen MR) is 92.6 cm³/mol. The summed E-state index contributed by atoms with van der Waals surface area (Å²) in [5.74, 6) is 0.126. The van der Waals surface area contributed by atoms with E-state index in [1.54, 1.807) is 26.7 Å². The minimum Gasteiger partial charge on any atom is -0.501 e. The Morgan fingerprint density at radius 3 is 2.84 bits per heavy atom. The van der Waals surface area contributed by atoms with Crippen LogP contribution in [0.4, 0.5) is 4.39 Å². The molecule has 125 valence electrons. The zero-order valence-corrected chi connectivity index (χ0v) is 14.1.